The summed E-state index contributed by atoms with van der Waals surface area (Å²) in [6.07, 6.45) is 0.640. The number of hydrogen-bond acceptors (Lipinski definition) is 2. The molecule has 0 bridgehead atoms. The standard InChI is InChI=1S/C12H18O2/c1-10-4-6-11(7-5-10)14-9-8-12(2,3)13/h4-7,13H,8-9H2,1-3H3. The number of hydrogen-bond donors (Lipinski definition) is 1. The van der Waals surface area contributed by atoms with Gasteiger partial charge in [0.05, 0.1) is 12.2 Å². The van der Waals surface area contributed by atoms with Crippen molar-refractivity contribution in [2.75, 3.05) is 6.61 Å². The Hall–Kier alpha value is -1.02. The van der Waals surface area contributed by atoms with Gasteiger partial charge in [-0.25, -0.2) is 0 Å². The lowest BCUT2D eigenvalue weighted by atomic mass is 10.1. The molecular weight excluding hydrogens is 176 g/mol. The molecule has 1 aromatic rings. The Labute approximate surface area is 85.5 Å². The average molecular weight is 194 g/mol. The van der Waals surface area contributed by atoms with Gasteiger partial charge in [0, 0.05) is 6.42 Å². The van der Waals surface area contributed by atoms with Crippen LogP contribution in [0.2, 0.25) is 0 Å². The summed E-state index contributed by atoms with van der Waals surface area (Å²) in [7, 11) is 0. The zero-order chi connectivity index (χ0) is 10.6. The summed E-state index contributed by atoms with van der Waals surface area (Å²) in [5.41, 5.74) is 0.574. The van der Waals surface area contributed by atoms with E-state index in [0.717, 1.165) is 5.75 Å². The van der Waals surface area contributed by atoms with Crippen molar-refractivity contribution in [1.82, 2.24) is 0 Å². The van der Waals surface area contributed by atoms with E-state index in [0.29, 0.717) is 13.0 Å². The number of rotatable bonds is 4. The minimum absolute atomic E-state index is 0.548. The van der Waals surface area contributed by atoms with Crippen LogP contribution in [0.15, 0.2) is 24.3 Å². The first-order valence-electron chi connectivity index (χ1n) is 4.89. The maximum absolute atomic E-state index is 9.46. The molecule has 0 aliphatic rings. The maximum atomic E-state index is 9.46. The van der Waals surface area contributed by atoms with E-state index in [4.69, 9.17) is 4.74 Å². The Morgan fingerprint density at radius 1 is 1.21 bits per heavy atom. The first-order valence-corrected chi connectivity index (χ1v) is 4.89. The summed E-state index contributed by atoms with van der Waals surface area (Å²) >= 11 is 0. The zero-order valence-electron chi connectivity index (χ0n) is 9.08. The van der Waals surface area contributed by atoms with Crippen molar-refractivity contribution >= 4 is 0 Å². The minimum Gasteiger partial charge on any atom is -0.493 e. The minimum atomic E-state index is -0.648. The van der Waals surface area contributed by atoms with Crippen molar-refractivity contribution < 1.29 is 9.84 Å². The molecule has 0 radical (unpaired) electrons. The Bertz CT molecular complexity index is 269. The van der Waals surface area contributed by atoms with Crippen molar-refractivity contribution in [2.24, 2.45) is 0 Å². The molecule has 0 aromatic heterocycles. The van der Waals surface area contributed by atoms with Crippen LogP contribution in [0.3, 0.4) is 0 Å². The normalized spacial score (nSPS) is 11.4. The van der Waals surface area contributed by atoms with Crippen LogP contribution in [0.25, 0.3) is 0 Å². The molecule has 0 fully saturated rings. The van der Waals surface area contributed by atoms with Crippen molar-refractivity contribution in [1.29, 1.82) is 0 Å². The molecule has 0 heterocycles. The summed E-state index contributed by atoms with van der Waals surface area (Å²) in [6.45, 7) is 6.16. The van der Waals surface area contributed by atoms with Crippen LogP contribution in [0.5, 0.6) is 5.75 Å². The summed E-state index contributed by atoms with van der Waals surface area (Å²) in [5, 5.41) is 9.46. The molecule has 0 aliphatic heterocycles. The molecule has 0 unspecified atom stereocenters. The van der Waals surface area contributed by atoms with Gasteiger partial charge in [-0.1, -0.05) is 17.7 Å². The fraction of sp³-hybridized carbons (Fsp3) is 0.500. The molecule has 2 nitrogen and oxygen atoms in total. The van der Waals surface area contributed by atoms with Crippen LogP contribution >= 0.6 is 0 Å². The van der Waals surface area contributed by atoms with Gasteiger partial charge in [-0.15, -0.1) is 0 Å². The molecule has 0 amide bonds. The third-order valence-electron chi connectivity index (χ3n) is 2.00. The molecule has 0 spiro atoms. The van der Waals surface area contributed by atoms with Gasteiger partial charge in [0.15, 0.2) is 0 Å². The first kappa shape index (κ1) is 11.1. The SMILES string of the molecule is Cc1ccc(OCCC(C)(C)O)cc1. The van der Waals surface area contributed by atoms with Crippen LogP contribution in [0.1, 0.15) is 25.8 Å². The fourth-order valence-electron chi connectivity index (χ4n) is 1.05. The van der Waals surface area contributed by atoms with Crippen LogP contribution < -0.4 is 4.74 Å². The highest BCUT2D eigenvalue weighted by Gasteiger charge is 2.11. The molecule has 1 aromatic carbocycles. The van der Waals surface area contributed by atoms with Crippen LogP contribution in [0.4, 0.5) is 0 Å². The van der Waals surface area contributed by atoms with Crippen molar-refractivity contribution in [2.45, 2.75) is 32.8 Å². The Morgan fingerprint density at radius 2 is 1.79 bits per heavy atom. The molecule has 1 N–H and O–H groups in total. The zero-order valence-corrected chi connectivity index (χ0v) is 9.08. The van der Waals surface area contributed by atoms with Crippen LogP contribution in [-0.4, -0.2) is 17.3 Å². The molecule has 2 heteroatoms. The van der Waals surface area contributed by atoms with Gasteiger partial charge in [0.1, 0.15) is 5.75 Å². The fourth-order valence-corrected chi connectivity index (χ4v) is 1.05. The van der Waals surface area contributed by atoms with E-state index in [1.807, 2.05) is 31.2 Å². The maximum Gasteiger partial charge on any atom is 0.119 e. The molecule has 14 heavy (non-hydrogen) atoms. The molecule has 0 aliphatic carbocycles. The Morgan fingerprint density at radius 3 is 2.29 bits per heavy atom. The third-order valence-corrected chi connectivity index (χ3v) is 2.00. The van der Waals surface area contributed by atoms with Crippen molar-refractivity contribution in [3.8, 4) is 5.75 Å². The number of aliphatic hydroxyl groups is 1. The molecule has 0 atom stereocenters. The molecule has 78 valence electrons. The first-order chi connectivity index (χ1) is 6.47. The van der Waals surface area contributed by atoms with Crippen molar-refractivity contribution in [3.63, 3.8) is 0 Å². The third kappa shape index (κ3) is 4.28. The highest BCUT2D eigenvalue weighted by atomic mass is 16.5. The molecule has 1 rings (SSSR count). The smallest absolute Gasteiger partial charge is 0.119 e. The van der Waals surface area contributed by atoms with Gasteiger partial charge in [-0.05, 0) is 32.9 Å². The van der Waals surface area contributed by atoms with Gasteiger partial charge in [-0.2, -0.15) is 0 Å². The highest BCUT2D eigenvalue weighted by Crippen LogP contribution is 2.13. The number of aryl methyl sites for hydroxylation is 1. The van der Waals surface area contributed by atoms with E-state index in [1.165, 1.54) is 5.56 Å². The lowest BCUT2D eigenvalue weighted by Gasteiger charge is -2.16. The van der Waals surface area contributed by atoms with E-state index in [1.54, 1.807) is 13.8 Å². The van der Waals surface area contributed by atoms with Gasteiger partial charge in [0.25, 0.3) is 0 Å². The van der Waals surface area contributed by atoms with Gasteiger partial charge in [-0.3, -0.25) is 0 Å². The number of ether oxygens (including phenoxy) is 1. The summed E-state index contributed by atoms with van der Waals surface area (Å²) in [6, 6.07) is 7.91. The molecule has 0 saturated carbocycles. The van der Waals surface area contributed by atoms with E-state index in [-0.39, 0.29) is 0 Å². The van der Waals surface area contributed by atoms with E-state index in [2.05, 4.69) is 0 Å². The molecular formula is C12H18O2. The Kier molecular flexibility index (Phi) is 3.53. The second-order valence-corrected chi connectivity index (χ2v) is 4.22. The second kappa shape index (κ2) is 4.47. The van der Waals surface area contributed by atoms with E-state index >= 15 is 0 Å². The van der Waals surface area contributed by atoms with E-state index in [9.17, 15) is 5.11 Å². The van der Waals surface area contributed by atoms with Crippen LogP contribution in [0, 0.1) is 6.92 Å². The van der Waals surface area contributed by atoms with Crippen molar-refractivity contribution in [3.05, 3.63) is 29.8 Å². The molecule has 0 saturated heterocycles. The summed E-state index contributed by atoms with van der Waals surface area (Å²) in [5.74, 6) is 0.861. The largest absolute Gasteiger partial charge is 0.493 e. The van der Waals surface area contributed by atoms with Gasteiger partial charge < -0.3 is 9.84 Å². The summed E-state index contributed by atoms with van der Waals surface area (Å²) < 4.78 is 5.48. The monoisotopic (exact) mass is 194 g/mol. The summed E-state index contributed by atoms with van der Waals surface area (Å²) in [4.78, 5) is 0. The lowest BCUT2D eigenvalue weighted by molar-refractivity contribution is 0.0553. The van der Waals surface area contributed by atoms with Crippen LogP contribution in [-0.2, 0) is 0 Å². The lowest BCUT2D eigenvalue weighted by Crippen LogP contribution is -2.21. The second-order valence-electron chi connectivity index (χ2n) is 4.22. The average Bonchev–Trinajstić information content (AvgIpc) is 2.06. The van der Waals surface area contributed by atoms with Gasteiger partial charge >= 0.3 is 0 Å². The number of benzene rings is 1. The highest BCUT2D eigenvalue weighted by molar-refractivity contribution is 5.26. The topological polar surface area (TPSA) is 29.5 Å². The van der Waals surface area contributed by atoms with E-state index < -0.39 is 5.60 Å². The predicted molar refractivity (Wildman–Crippen MR) is 57.6 cm³/mol. The Balaban J connectivity index is 2.35. The van der Waals surface area contributed by atoms with Gasteiger partial charge in [0.2, 0.25) is 0 Å². The quantitative estimate of drug-likeness (QED) is 0.798. The predicted octanol–water partition coefficient (Wildman–Crippen LogP) is 2.53.